The zero-order valence-electron chi connectivity index (χ0n) is 10.6. The number of rotatable bonds is 4. The molecule has 1 aromatic heterocycles. The van der Waals surface area contributed by atoms with E-state index < -0.39 is 0 Å². The summed E-state index contributed by atoms with van der Waals surface area (Å²) >= 11 is 5.96. The van der Waals surface area contributed by atoms with Crippen molar-refractivity contribution in [2.45, 2.75) is 0 Å². The van der Waals surface area contributed by atoms with Gasteiger partial charge in [0.25, 0.3) is 0 Å². The number of halogens is 1. The highest BCUT2D eigenvalue weighted by molar-refractivity contribution is 6.31. The first kappa shape index (κ1) is 13.3. The first-order chi connectivity index (χ1) is 9.13. The Kier molecular flexibility index (Phi) is 3.97. The minimum absolute atomic E-state index is 0.367. The molecule has 1 aromatic carbocycles. The van der Waals surface area contributed by atoms with Gasteiger partial charge in [-0.15, -0.1) is 0 Å². The number of aromatic nitrogens is 1. The highest BCUT2D eigenvalue weighted by atomic mass is 35.5. The van der Waals surface area contributed by atoms with Crippen molar-refractivity contribution in [3.63, 3.8) is 0 Å². The summed E-state index contributed by atoms with van der Waals surface area (Å²) in [6.45, 7) is 0. The van der Waals surface area contributed by atoms with Crippen molar-refractivity contribution < 1.29 is 9.47 Å². The molecule has 3 N–H and O–H groups in total. The highest BCUT2D eigenvalue weighted by Crippen LogP contribution is 2.31. The number of nitrogen functional groups attached to an aromatic ring is 1. The number of anilines is 3. The Labute approximate surface area is 116 Å². The third-order valence-electron chi connectivity index (χ3n) is 2.51. The van der Waals surface area contributed by atoms with Crippen molar-refractivity contribution in [2.24, 2.45) is 0 Å². The molecule has 0 bridgehead atoms. The summed E-state index contributed by atoms with van der Waals surface area (Å²) in [6.07, 6.45) is 0. The van der Waals surface area contributed by atoms with Gasteiger partial charge in [0, 0.05) is 5.02 Å². The fourth-order valence-electron chi connectivity index (χ4n) is 1.60. The largest absolute Gasteiger partial charge is 0.495 e. The lowest BCUT2D eigenvalue weighted by Gasteiger charge is -2.12. The van der Waals surface area contributed by atoms with Gasteiger partial charge >= 0.3 is 0 Å². The van der Waals surface area contributed by atoms with Gasteiger partial charge in [0.2, 0.25) is 5.88 Å². The zero-order chi connectivity index (χ0) is 13.8. The zero-order valence-corrected chi connectivity index (χ0v) is 11.4. The molecule has 0 saturated carbocycles. The van der Waals surface area contributed by atoms with Crippen LogP contribution in [0.1, 0.15) is 0 Å². The topological polar surface area (TPSA) is 69.4 Å². The molecule has 0 aliphatic rings. The first-order valence-electron chi connectivity index (χ1n) is 5.55. The van der Waals surface area contributed by atoms with E-state index in [-0.39, 0.29) is 0 Å². The molecule has 0 saturated heterocycles. The lowest BCUT2D eigenvalue weighted by Crippen LogP contribution is -2.00. The molecule has 6 heteroatoms. The summed E-state index contributed by atoms with van der Waals surface area (Å²) in [5.41, 5.74) is 6.91. The number of methoxy groups -OCH3 is 2. The minimum Gasteiger partial charge on any atom is -0.495 e. The molecule has 0 aliphatic carbocycles. The van der Waals surface area contributed by atoms with E-state index in [0.717, 1.165) is 0 Å². The summed E-state index contributed by atoms with van der Waals surface area (Å²) in [5, 5.41) is 3.71. The molecule has 19 heavy (non-hydrogen) atoms. The van der Waals surface area contributed by atoms with Crippen molar-refractivity contribution in [2.75, 3.05) is 25.3 Å². The maximum absolute atomic E-state index is 5.96. The molecule has 1 heterocycles. The molecule has 0 spiro atoms. The number of hydrogen-bond acceptors (Lipinski definition) is 5. The van der Waals surface area contributed by atoms with Gasteiger partial charge < -0.3 is 20.5 Å². The van der Waals surface area contributed by atoms with Gasteiger partial charge in [-0.3, -0.25) is 0 Å². The number of benzene rings is 1. The maximum atomic E-state index is 5.96. The molecule has 2 aromatic rings. The smallest absolute Gasteiger partial charge is 0.238 e. The van der Waals surface area contributed by atoms with Crippen LogP contribution in [-0.2, 0) is 0 Å². The lowest BCUT2D eigenvalue weighted by atomic mass is 10.3. The van der Waals surface area contributed by atoms with Crippen LogP contribution in [0.15, 0.2) is 30.3 Å². The summed E-state index contributed by atoms with van der Waals surface area (Å²) < 4.78 is 10.3. The van der Waals surface area contributed by atoms with Crippen LogP contribution in [0.3, 0.4) is 0 Å². The second-order valence-electron chi connectivity index (χ2n) is 3.76. The van der Waals surface area contributed by atoms with E-state index in [1.165, 1.54) is 7.11 Å². The fourth-order valence-corrected chi connectivity index (χ4v) is 1.77. The lowest BCUT2D eigenvalue weighted by molar-refractivity contribution is 0.401. The number of ether oxygens (including phenoxy) is 2. The second-order valence-corrected chi connectivity index (χ2v) is 4.20. The first-order valence-corrected chi connectivity index (χ1v) is 5.93. The van der Waals surface area contributed by atoms with E-state index >= 15 is 0 Å². The van der Waals surface area contributed by atoms with Crippen LogP contribution in [0.4, 0.5) is 17.2 Å². The quantitative estimate of drug-likeness (QED) is 0.900. The molecule has 0 unspecified atom stereocenters. The monoisotopic (exact) mass is 279 g/mol. The molecule has 2 rings (SSSR count). The van der Waals surface area contributed by atoms with Crippen molar-refractivity contribution in [1.82, 2.24) is 4.98 Å². The Hall–Kier alpha value is -2.14. The highest BCUT2D eigenvalue weighted by Gasteiger charge is 2.07. The maximum Gasteiger partial charge on any atom is 0.238 e. The van der Waals surface area contributed by atoms with E-state index in [1.54, 1.807) is 37.4 Å². The van der Waals surface area contributed by atoms with E-state index in [9.17, 15) is 0 Å². The molecular formula is C13H14ClN3O2. The number of hydrogen-bond donors (Lipinski definition) is 2. The number of nitrogens with one attached hydrogen (secondary N) is 1. The van der Waals surface area contributed by atoms with E-state index in [1.807, 2.05) is 0 Å². The van der Waals surface area contributed by atoms with Crippen molar-refractivity contribution in [3.05, 3.63) is 35.4 Å². The molecular weight excluding hydrogens is 266 g/mol. The Bertz CT molecular complexity index is 590. The molecule has 0 radical (unpaired) electrons. The number of nitrogens with zero attached hydrogens (tertiary/aromatic N) is 1. The van der Waals surface area contributed by atoms with Crippen LogP contribution in [-0.4, -0.2) is 19.2 Å². The average molecular weight is 280 g/mol. The molecule has 100 valence electrons. The van der Waals surface area contributed by atoms with E-state index in [2.05, 4.69) is 10.3 Å². The fraction of sp³-hybridized carbons (Fsp3) is 0.154. The van der Waals surface area contributed by atoms with Crippen LogP contribution in [0.25, 0.3) is 0 Å². The summed E-state index contributed by atoms with van der Waals surface area (Å²) in [4.78, 5) is 4.23. The normalized spacial score (nSPS) is 10.1. The molecule has 5 nitrogen and oxygen atoms in total. The second kappa shape index (κ2) is 5.67. The Morgan fingerprint density at radius 3 is 2.63 bits per heavy atom. The van der Waals surface area contributed by atoms with E-state index in [4.69, 9.17) is 26.8 Å². The van der Waals surface area contributed by atoms with Gasteiger partial charge in [0.1, 0.15) is 11.6 Å². The van der Waals surface area contributed by atoms with Gasteiger partial charge in [-0.2, -0.15) is 4.98 Å². The third-order valence-corrected chi connectivity index (χ3v) is 2.74. The van der Waals surface area contributed by atoms with Crippen molar-refractivity contribution in [3.8, 4) is 11.6 Å². The Balaban J connectivity index is 2.33. The van der Waals surface area contributed by atoms with Crippen LogP contribution < -0.4 is 20.5 Å². The summed E-state index contributed by atoms with van der Waals surface area (Å²) in [7, 11) is 3.11. The predicted octanol–water partition coefficient (Wildman–Crippen LogP) is 3.08. The third kappa shape index (κ3) is 3.00. The standard InChI is InChI=1S/C13H14ClN3O2/c1-18-11-5-3-8(14)7-10(11)16-12-6-4-9(15)13(17-12)19-2/h3-7H,15H2,1-2H3,(H,16,17). The van der Waals surface area contributed by atoms with Gasteiger partial charge in [-0.05, 0) is 30.3 Å². The van der Waals surface area contributed by atoms with Gasteiger partial charge in [-0.25, -0.2) is 0 Å². The summed E-state index contributed by atoms with van der Waals surface area (Å²) in [6, 6.07) is 8.75. The SMILES string of the molecule is COc1ccc(Cl)cc1Nc1ccc(N)c(OC)n1. The average Bonchev–Trinajstić information content (AvgIpc) is 2.41. The minimum atomic E-state index is 0.367. The van der Waals surface area contributed by atoms with Gasteiger partial charge in [0.15, 0.2) is 0 Å². The van der Waals surface area contributed by atoms with Crippen LogP contribution in [0.5, 0.6) is 11.6 Å². The van der Waals surface area contributed by atoms with E-state index in [0.29, 0.717) is 33.8 Å². The number of pyridine rings is 1. The van der Waals surface area contributed by atoms with Gasteiger partial charge in [-0.1, -0.05) is 11.6 Å². The Morgan fingerprint density at radius 2 is 1.95 bits per heavy atom. The molecule has 0 amide bonds. The molecule has 0 aliphatic heterocycles. The Morgan fingerprint density at radius 1 is 1.16 bits per heavy atom. The molecule has 0 atom stereocenters. The van der Waals surface area contributed by atoms with Crippen molar-refractivity contribution in [1.29, 1.82) is 0 Å². The predicted molar refractivity (Wildman–Crippen MR) is 76.5 cm³/mol. The summed E-state index contributed by atoms with van der Waals surface area (Å²) in [5.74, 6) is 1.62. The van der Waals surface area contributed by atoms with Crippen LogP contribution in [0.2, 0.25) is 5.02 Å². The van der Waals surface area contributed by atoms with Gasteiger partial charge in [0.05, 0.1) is 25.6 Å². The van der Waals surface area contributed by atoms with Crippen LogP contribution in [0, 0.1) is 0 Å². The molecule has 0 fully saturated rings. The number of nitrogens with two attached hydrogens (primary N) is 1. The van der Waals surface area contributed by atoms with Crippen molar-refractivity contribution >= 4 is 28.8 Å². The van der Waals surface area contributed by atoms with Crippen LogP contribution >= 0.6 is 11.6 Å².